The summed E-state index contributed by atoms with van der Waals surface area (Å²) in [5, 5.41) is 3.44. The number of hydrogen-bond acceptors (Lipinski definition) is 3. The van der Waals surface area contributed by atoms with Gasteiger partial charge in [-0.25, -0.2) is 0 Å². The van der Waals surface area contributed by atoms with E-state index >= 15 is 0 Å². The summed E-state index contributed by atoms with van der Waals surface area (Å²) >= 11 is 1.84. The zero-order valence-electron chi connectivity index (χ0n) is 8.75. The summed E-state index contributed by atoms with van der Waals surface area (Å²) in [6, 6.07) is 4.35. The topological polar surface area (TPSA) is 21.3 Å². The molecule has 1 N–H and O–H groups in total. The molecule has 1 fully saturated rings. The Morgan fingerprint density at radius 1 is 1.43 bits per heavy atom. The van der Waals surface area contributed by atoms with Crippen LogP contribution < -0.4 is 5.32 Å². The maximum absolute atomic E-state index is 5.86. The lowest BCUT2D eigenvalue weighted by atomic mass is 10.2. The number of aryl methyl sites for hydroxylation is 1. The first-order chi connectivity index (χ1) is 6.75. The standard InChI is InChI=1S/C11H17NOS/c1-8-5-12-6-10(13-7-8)11-4-3-9(2)14-11/h3-4,8,10,12H,5-7H2,1-2H3. The van der Waals surface area contributed by atoms with E-state index in [9.17, 15) is 0 Å². The summed E-state index contributed by atoms with van der Waals surface area (Å²) in [7, 11) is 0. The van der Waals surface area contributed by atoms with Crippen LogP contribution in [-0.2, 0) is 4.74 Å². The molecule has 1 aliphatic heterocycles. The molecule has 78 valence electrons. The fraction of sp³-hybridized carbons (Fsp3) is 0.636. The average Bonchev–Trinajstić information content (AvgIpc) is 2.46. The van der Waals surface area contributed by atoms with E-state index in [2.05, 4.69) is 31.3 Å². The van der Waals surface area contributed by atoms with Gasteiger partial charge in [0.15, 0.2) is 0 Å². The molecule has 0 spiro atoms. The van der Waals surface area contributed by atoms with Crippen LogP contribution in [0.1, 0.15) is 22.8 Å². The third-order valence-corrected chi connectivity index (χ3v) is 3.58. The Bertz CT molecular complexity index is 297. The molecule has 2 atom stereocenters. The minimum atomic E-state index is 0.263. The van der Waals surface area contributed by atoms with Crippen molar-refractivity contribution in [2.24, 2.45) is 5.92 Å². The van der Waals surface area contributed by atoms with Crippen LogP contribution in [0, 0.1) is 12.8 Å². The average molecular weight is 211 g/mol. The van der Waals surface area contributed by atoms with Crippen molar-refractivity contribution < 1.29 is 4.74 Å². The second kappa shape index (κ2) is 4.43. The van der Waals surface area contributed by atoms with E-state index in [1.54, 1.807) is 0 Å². The highest BCUT2D eigenvalue weighted by atomic mass is 32.1. The zero-order chi connectivity index (χ0) is 9.97. The predicted octanol–water partition coefficient (Wildman–Crippen LogP) is 2.35. The number of ether oxygens (including phenoxy) is 1. The zero-order valence-corrected chi connectivity index (χ0v) is 9.56. The van der Waals surface area contributed by atoms with E-state index in [0.717, 1.165) is 19.7 Å². The summed E-state index contributed by atoms with van der Waals surface area (Å²) in [6.45, 7) is 7.25. The first-order valence-electron chi connectivity index (χ1n) is 5.14. The lowest BCUT2D eigenvalue weighted by Gasteiger charge is -2.13. The molecule has 1 aliphatic rings. The normalized spacial score (nSPS) is 28.7. The van der Waals surface area contributed by atoms with Crippen molar-refractivity contribution in [2.45, 2.75) is 20.0 Å². The largest absolute Gasteiger partial charge is 0.371 e. The summed E-state index contributed by atoms with van der Waals surface area (Å²) < 4.78 is 5.86. The van der Waals surface area contributed by atoms with Crippen LogP contribution in [0.4, 0.5) is 0 Å². The molecule has 1 aromatic rings. The summed E-state index contributed by atoms with van der Waals surface area (Å²) in [5.41, 5.74) is 0. The predicted molar refractivity (Wildman–Crippen MR) is 59.8 cm³/mol. The molecule has 3 heteroatoms. The molecule has 2 rings (SSSR count). The van der Waals surface area contributed by atoms with Crippen LogP contribution in [0.25, 0.3) is 0 Å². The van der Waals surface area contributed by atoms with Crippen molar-refractivity contribution >= 4 is 11.3 Å². The van der Waals surface area contributed by atoms with E-state index in [1.165, 1.54) is 9.75 Å². The third kappa shape index (κ3) is 2.35. The van der Waals surface area contributed by atoms with Gasteiger partial charge in [-0.2, -0.15) is 0 Å². The Kier molecular flexibility index (Phi) is 3.21. The molecule has 0 aromatic carbocycles. The summed E-state index contributed by atoms with van der Waals surface area (Å²) in [6.07, 6.45) is 0.263. The molecule has 14 heavy (non-hydrogen) atoms. The molecule has 1 aromatic heterocycles. The second-order valence-corrected chi connectivity index (χ2v) is 5.35. The van der Waals surface area contributed by atoms with Crippen molar-refractivity contribution in [3.05, 3.63) is 21.9 Å². The fourth-order valence-electron chi connectivity index (χ4n) is 1.67. The van der Waals surface area contributed by atoms with Gasteiger partial charge in [0.25, 0.3) is 0 Å². The molecule has 2 heterocycles. The first kappa shape index (κ1) is 10.1. The van der Waals surface area contributed by atoms with E-state index < -0.39 is 0 Å². The lowest BCUT2D eigenvalue weighted by Crippen LogP contribution is -2.22. The Hall–Kier alpha value is -0.380. The minimum absolute atomic E-state index is 0.263. The number of hydrogen-bond donors (Lipinski definition) is 1. The highest BCUT2D eigenvalue weighted by Gasteiger charge is 2.18. The van der Waals surface area contributed by atoms with E-state index in [1.807, 2.05) is 11.3 Å². The van der Waals surface area contributed by atoms with Crippen LogP contribution in [0.2, 0.25) is 0 Å². The summed E-state index contributed by atoms with van der Waals surface area (Å²) in [4.78, 5) is 2.71. The van der Waals surface area contributed by atoms with Gasteiger partial charge in [-0.15, -0.1) is 11.3 Å². The van der Waals surface area contributed by atoms with Gasteiger partial charge in [-0.1, -0.05) is 6.92 Å². The van der Waals surface area contributed by atoms with Crippen molar-refractivity contribution in [1.29, 1.82) is 0 Å². The molecule has 1 saturated heterocycles. The van der Waals surface area contributed by atoms with Gasteiger partial charge in [0.1, 0.15) is 6.10 Å². The minimum Gasteiger partial charge on any atom is -0.371 e. The maximum Gasteiger partial charge on any atom is 0.104 e. The molecule has 0 radical (unpaired) electrons. The molecule has 0 bridgehead atoms. The number of nitrogens with one attached hydrogen (secondary N) is 1. The Morgan fingerprint density at radius 3 is 3.00 bits per heavy atom. The Labute approximate surface area is 89.3 Å². The van der Waals surface area contributed by atoms with Crippen LogP contribution in [0.5, 0.6) is 0 Å². The van der Waals surface area contributed by atoms with Gasteiger partial charge < -0.3 is 10.1 Å². The van der Waals surface area contributed by atoms with Crippen LogP contribution in [0.3, 0.4) is 0 Å². The third-order valence-electron chi connectivity index (χ3n) is 2.48. The van der Waals surface area contributed by atoms with Crippen molar-refractivity contribution in [3.63, 3.8) is 0 Å². The van der Waals surface area contributed by atoms with Crippen molar-refractivity contribution in [1.82, 2.24) is 5.32 Å². The van der Waals surface area contributed by atoms with Crippen molar-refractivity contribution in [3.8, 4) is 0 Å². The fourth-order valence-corrected chi connectivity index (χ4v) is 2.60. The Morgan fingerprint density at radius 2 is 2.29 bits per heavy atom. The quantitative estimate of drug-likeness (QED) is 0.770. The monoisotopic (exact) mass is 211 g/mol. The lowest BCUT2D eigenvalue weighted by molar-refractivity contribution is 0.0538. The SMILES string of the molecule is Cc1ccc(C2CNCC(C)CO2)s1. The highest BCUT2D eigenvalue weighted by Crippen LogP contribution is 2.26. The number of rotatable bonds is 1. The van der Waals surface area contributed by atoms with Gasteiger partial charge in [0.05, 0.1) is 6.61 Å². The van der Waals surface area contributed by atoms with Gasteiger partial charge in [0.2, 0.25) is 0 Å². The van der Waals surface area contributed by atoms with Crippen molar-refractivity contribution in [2.75, 3.05) is 19.7 Å². The first-order valence-corrected chi connectivity index (χ1v) is 5.96. The van der Waals surface area contributed by atoms with Crippen LogP contribution in [-0.4, -0.2) is 19.7 Å². The summed E-state index contributed by atoms with van der Waals surface area (Å²) in [5.74, 6) is 0.626. The maximum atomic E-state index is 5.86. The second-order valence-electron chi connectivity index (χ2n) is 4.03. The highest BCUT2D eigenvalue weighted by molar-refractivity contribution is 7.12. The van der Waals surface area contributed by atoms with Gasteiger partial charge in [-0.3, -0.25) is 0 Å². The van der Waals surface area contributed by atoms with Gasteiger partial charge in [-0.05, 0) is 25.0 Å². The molecular formula is C11H17NOS. The smallest absolute Gasteiger partial charge is 0.104 e. The number of thiophene rings is 1. The Balaban J connectivity index is 2.04. The van der Waals surface area contributed by atoms with Crippen LogP contribution in [0.15, 0.2) is 12.1 Å². The molecular weight excluding hydrogens is 194 g/mol. The molecule has 0 saturated carbocycles. The van der Waals surface area contributed by atoms with Gasteiger partial charge in [0, 0.05) is 22.8 Å². The molecule has 0 amide bonds. The molecule has 2 unspecified atom stereocenters. The van der Waals surface area contributed by atoms with Crippen LogP contribution >= 0.6 is 11.3 Å². The molecule has 2 nitrogen and oxygen atoms in total. The van der Waals surface area contributed by atoms with Gasteiger partial charge >= 0.3 is 0 Å². The molecule has 0 aliphatic carbocycles. The van der Waals surface area contributed by atoms with E-state index in [-0.39, 0.29) is 6.10 Å². The van der Waals surface area contributed by atoms with E-state index in [4.69, 9.17) is 4.74 Å². The van der Waals surface area contributed by atoms with E-state index in [0.29, 0.717) is 5.92 Å².